The lowest BCUT2D eigenvalue weighted by Gasteiger charge is -2.40. The number of aromatic nitrogens is 2. The molecule has 1 heterocycles. The second kappa shape index (κ2) is 7.35. The molecule has 1 N–H and O–H groups in total. The summed E-state index contributed by atoms with van der Waals surface area (Å²) in [4.78, 5) is 2.37. The van der Waals surface area contributed by atoms with E-state index in [2.05, 4.69) is 16.1 Å². The highest BCUT2D eigenvalue weighted by atomic mass is 19.4. The van der Waals surface area contributed by atoms with Crippen LogP contribution in [0.4, 0.5) is 71.9 Å². The van der Waals surface area contributed by atoms with Gasteiger partial charge in [0.15, 0.2) is 0 Å². The van der Waals surface area contributed by atoms with Gasteiger partial charge in [-0.05, 0) is 0 Å². The first-order valence-electron chi connectivity index (χ1n) is 7.06. The number of alkyl halides is 15. The maximum Gasteiger partial charge on any atom is 0.460 e. The fraction of sp³-hybridized carbons (Fsp3) is 0.667. The minimum atomic E-state index is -8.38. The zero-order chi connectivity index (χ0) is 24.9. The molecule has 0 radical (unpaired) electrons. The second-order valence-corrected chi connectivity index (χ2v) is 5.54. The summed E-state index contributed by atoms with van der Waals surface area (Å²) in [6.07, 6.45) is -6.68. The Morgan fingerprint density at radius 3 is 1.55 bits per heavy atom. The van der Waals surface area contributed by atoms with Crippen molar-refractivity contribution in [1.82, 2.24) is 10.1 Å². The molecule has 0 aliphatic rings. The Hall–Kier alpha value is -2.37. The molecule has 0 unspecified atom stereocenters. The van der Waals surface area contributed by atoms with Crippen molar-refractivity contribution >= 4 is 6.01 Å². The molecule has 0 amide bonds. The van der Waals surface area contributed by atoms with E-state index in [1.807, 2.05) is 10.5 Å². The number of halogens is 15. The molecular weight excluding hydrogens is 487 g/mol. The molecule has 0 spiro atoms. The zero-order valence-electron chi connectivity index (χ0n) is 14.0. The molecule has 1 rings (SSSR count). The van der Waals surface area contributed by atoms with Gasteiger partial charge >= 0.3 is 47.7 Å². The molecular formula is C12H6F15N3O. The summed E-state index contributed by atoms with van der Waals surface area (Å²) in [5.74, 6) is -50.2. The Kier molecular flexibility index (Phi) is 6.32. The standard InChI is InChI=1S/C12H6F15N3O/c1-2-3-28-5-29-4(30-31-5)6(13,14)7(15,16)8(17,18)9(19,20)10(21,22)11(23,24)12(25,26)27/h2H,1,3H2,(H,28,29,30). The van der Waals surface area contributed by atoms with Crippen LogP contribution in [0.1, 0.15) is 5.82 Å². The van der Waals surface area contributed by atoms with Crippen LogP contribution in [0.25, 0.3) is 0 Å². The van der Waals surface area contributed by atoms with Crippen LogP contribution in [0.3, 0.4) is 0 Å². The molecule has 0 aliphatic heterocycles. The first-order chi connectivity index (χ1) is 13.5. The van der Waals surface area contributed by atoms with Crippen LogP contribution in [0.5, 0.6) is 0 Å². The number of nitrogens with one attached hydrogen (secondary N) is 1. The molecule has 4 nitrogen and oxygen atoms in total. The summed E-state index contributed by atoms with van der Waals surface area (Å²) >= 11 is 0. The van der Waals surface area contributed by atoms with E-state index >= 15 is 0 Å². The number of hydrogen-bond acceptors (Lipinski definition) is 4. The third-order valence-corrected chi connectivity index (χ3v) is 3.43. The molecule has 0 saturated heterocycles. The van der Waals surface area contributed by atoms with Gasteiger partial charge in [0.2, 0.25) is 5.82 Å². The Balaban J connectivity index is 3.54. The van der Waals surface area contributed by atoms with Gasteiger partial charge in [-0.1, -0.05) is 11.2 Å². The summed E-state index contributed by atoms with van der Waals surface area (Å²) in [7, 11) is 0. The van der Waals surface area contributed by atoms with E-state index in [9.17, 15) is 65.9 Å². The lowest BCUT2D eigenvalue weighted by atomic mass is 9.91. The number of anilines is 1. The summed E-state index contributed by atoms with van der Waals surface area (Å²) < 4.78 is 200. The van der Waals surface area contributed by atoms with Gasteiger partial charge in [-0.15, -0.1) is 6.58 Å². The largest absolute Gasteiger partial charge is 0.460 e. The van der Waals surface area contributed by atoms with E-state index in [1.54, 1.807) is 0 Å². The molecule has 19 heteroatoms. The van der Waals surface area contributed by atoms with Crippen LogP contribution in [0.15, 0.2) is 17.2 Å². The smallest absolute Gasteiger partial charge is 0.334 e. The molecule has 31 heavy (non-hydrogen) atoms. The monoisotopic (exact) mass is 493 g/mol. The fourth-order valence-corrected chi connectivity index (χ4v) is 1.69. The normalized spacial score (nSPS) is 15.2. The first kappa shape index (κ1) is 26.7. The van der Waals surface area contributed by atoms with Crippen LogP contribution in [-0.4, -0.2) is 52.5 Å². The van der Waals surface area contributed by atoms with Crippen LogP contribution in [0, 0.1) is 0 Å². The Morgan fingerprint density at radius 2 is 1.13 bits per heavy atom. The highest BCUT2D eigenvalue weighted by molar-refractivity contribution is 5.23. The summed E-state index contributed by atoms with van der Waals surface area (Å²) in [6.45, 7) is 2.68. The highest BCUT2D eigenvalue weighted by Gasteiger charge is 2.93. The van der Waals surface area contributed by atoms with Crippen LogP contribution < -0.4 is 5.32 Å². The van der Waals surface area contributed by atoms with Gasteiger partial charge in [0.1, 0.15) is 0 Å². The van der Waals surface area contributed by atoms with Gasteiger partial charge in [-0.2, -0.15) is 70.8 Å². The van der Waals surface area contributed by atoms with Crippen molar-refractivity contribution in [1.29, 1.82) is 0 Å². The lowest BCUT2D eigenvalue weighted by Crippen LogP contribution is -2.72. The summed E-state index contributed by atoms with van der Waals surface area (Å²) in [6, 6.07) is -1.21. The molecule has 0 atom stereocenters. The van der Waals surface area contributed by atoms with Crippen molar-refractivity contribution in [3.63, 3.8) is 0 Å². The van der Waals surface area contributed by atoms with Crippen LogP contribution in [-0.2, 0) is 5.92 Å². The predicted molar refractivity (Wildman–Crippen MR) is 67.7 cm³/mol. The maximum absolute atomic E-state index is 13.8. The van der Waals surface area contributed by atoms with Crippen LogP contribution >= 0.6 is 0 Å². The number of nitrogens with zero attached hydrogens (tertiary/aromatic N) is 2. The number of rotatable bonds is 9. The molecule has 0 bridgehead atoms. The zero-order valence-corrected chi connectivity index (χ0v) is 14.0. The molecule has 0 fully saturated rings. The third-order valence-electron chi connectivity index (χ3n) is 3.43. The Bertz CT molecular complexity index is 797. The predicted octanol–water partition coefficient (Wildman–Crippen LogP) is 5.50. The van der Waals surface area contributed by atoms with E-state index in [0.717, 1.165) is 6.08 Å². The van der Waals surface area contributed by atoms with E-state index in [1.165, 1.54) is 0 Å². The van der Waals surface area contributed by atoms with Crippen molar-refractivity contribution < 1.29 is 70.4 Å². The van der Waals surface area contributed by atoms with Crippen molar-refractivity contribution in [3.8, 4) is 0 Å². The average Bonchev–Trinajstić information content (AvgIpc) is 3.07. The highest BCUT2D eigenvalue weighted by Crippen LogP contribution is 2.63. The van der Waals surface area contributed by atoms with E-state index < -0.39 is 60.1 Å². The second-order valence-electron chi connectivity index (χ2n) is 5.54. The first-order valence-corrected chi connectivity index (χ1v) is 7.06. The van der Waals surface area contributed by atoms with E-state index in [0.29, 0.717) is 0 Å². The molecule has 1 aromatic rings. The Morgan fingerprint density at radius 1 is 0.710 bits per heavy atom. The van der Waals surface area contributed by atoms with Crippen molar-refractivity contribution in [2.24, 2.45) is 0 Å². The summed E-state index contributed by atoms with van der Waals surface area (Å²) in [5, 5.41) is 3.90. The van der Waals surface area contributed by atoms with Gasteiger partial charge in [0, 0.05) is 6.54 Å². The topological polar surface area (TPSA) is 51.0 Å². The van der Waals surface area contributed by atoms with Gasteiger partial charge in [-0.3, -0.25) is 0 Å². The van der Waals surface area contributed by atoms with Crippen molar-refractivity contribution in [2.75, 3.05) is 11.9 Å². The van der Waals surface area contributed by atoms with E-state index in [4.69, 9.17) is 0 Å². The van der Waals surface area contributed by atoms with E-state index in [-0.39, 0.29) is 0 Å². The minimum Gasteiger partial charge on any atom is -0.334 e. The quantitative estimate of drug-likeness (QED) is 0.365. The molecule has 180 valence electrons. The third kappa shape index (κ3) is 3.64. The molecule has 0 aromatic carbocycles. The van der Waals surface area contributed by atoms with Crippen molar-refractivity contribution in [3.05, 3.63) is 18.5 Å². The summed E-state index contributed by atoms with van der Waals surface area (Å²) in [5.41, 5.74) is 0. The fourth-order valence-electron chi connectivity index (χ4n) is 1.69. The molecule has 1 aromatic heterocycles. The van der Waals surface area contributed by atoms with Gasteiger partial charge in [0.05, 0.1) is 0 Å². The number of hydrogen-bond donors (Lipinski definition) is 1. The van der Waals surface area contributed by atoms with Crippen LogP contribution in [0.2, 0.25) is 0 Å². The van der Waals surface area contributed by atoms with Gasteiger partial charge in [0.25, 0.3) is 0 Å². The maximum atomic E-state index is 13.8. The lowest BCUT2D eigenvalue weighted by molar-refractivity contribution is -0.454. The van der Waals surface area contributed by atoms with Gasteiger partial charge in [-0.25, -0.2) is 0 Å². The van der Waals surface area contributed by atoms with Gasteiger partial charge < -0.3 is 9.84 Å². The SMILES string of the molecule is C=CCNc1nc(C(F)(F)C(F)(F)C(F)(F)C(F)(F)C(F)(F)C(F)(F)C(F)(F)F)no1. The minimum absolute atomic E-state index is 0.392. The Labute approximate surface area is 160 Å². The molecule has 0 saturated carbocycles. The molecule has 0 aliphatic carbocycles. The van der Waals surface area contributed by atoms with Crippen molar-refractivity contribution in [2.45, 2.75) is 41.7 Å². The average molecular weight is 493 g/mol.